The molecule has 0 aliphatic carbocycles. The third-order valence-electron chi connectivity index (χ3n) is 3.37. The van der Waals surface area contributed by atoms with Crippen molar-refractivity contribution in [1.29, 1.82) is 0 Å². The van der Waals surface area contributed by atoms with Crippen molar-refractivity contribution in [2.24, 2.45) is 0 Å². The molecule has 3 nitrogen and oxygen atoms in total. The van der Waals surface area contributed by atoms with Gasteiger partial charge >= 0.3 is 0 Å². The van der Waals surface area contributed by atoms with Crippen LogP contribution in [-0.4, -0.2) is 9.38 Å². The number of hydrogen-bond donors (Lipinski definition) is 0. The number of fused-ring (bicyclic) bond motifs is 1. The van der Waals surface area contributed by atoms with Crippen molar-refractivity contribution in [2.45, 2.75) is 25.4 Å². The monoisotopic (exact) mass is 316 g/mol. The van der Waals surface area contributed by atoms with Crippen LogP contribution in [0.2, 0.25) is 0 Å². The summed E-state index contributed by atoms with van der Waals surface area (Å²) in [5.41, 5.74) is 4.82. The summed E-state index contributed by atoms with van der Waals surface area (Å²) >= 11 is 3.29. The van der Waals surface area contributed by atoms with Crippen molar-refractivity contribution >= 4 is 28.1 Å². The molecule has 0 saturated carbocycles. The van der Waals surface area contributed by atoms with Crippen molar-refractivity contribution in [2.75, 3.05) is 0 Å². The number of benzene rings is 1. The van der Waals surface area contributed by atoms with Gasteiger partial charge in [-0.25, -0.2) is 4.98 Å². The standard InChI is InChI=1S/C16H16N2OS2/c1-11-3-4-12(2)13(7-11)9-20-10-14-8-15(19)18-5-6-21-16(18)17-14/h3-8H,9-10H2,1-2H3. The molecule has 0 saturated heterocycles. The fourth-order valence-corrected chi connectivity index (χ4v) is 3.91. The molecule has 21 heavy (non-hydrogen) atoms. The highest BCUT2D eigenvalue weighted by Gasteiger charge is 2.05. The predicted octanol–water partition coefficient (Wildman–Crippen LogP) is 3.81. The lowest BCUT2D eigenvalue weighted by atomic mass is 10.1. The smallest absolute Gasteiger partial charge is 0.258 e. The average molecular weight is 316 g/mol. The second-order valence-electron chi connectivity index (χ2n) is 5.06. The predicted molar refractivity (Wildman–Crippen MR) is 90.3 cm³/mol. The quantitative estimate of drug-likeness (QED) is 0.734. The summed E-state index contributed by atoms with van der Waals surface area (Å²) in [6.45, 7) is 4.25. The van der Waals surface area contributed by atoms with Gasteiger partial charge in [0.15, 0.2) is 4.96 Å². The van der Waals surface area contributed by atoms with Gasteiger partial charge in [-0.2, -0.15) is 11.8 Å². The van der Waals surface area contributed by atoms with Crippen LogP contribution in [0.1, 0.15) is 22.4 Å². The molecule has 0 radical (unpaired) electrons. The lowest BCUT2D eigenvalue weighted by molar-refractivity contribution is 1.04. The molecule has 1 aromatic carbocycles. The van der Waals surface area contributed by atoms with E-state index >= 15 is 0 Å². The number of aromatic nitrogens is 2. The molecule has 2 heterocycles. The number of aryl methyl sites for hydroxylation is 2. The number of thioether (sulfide) groups is 1. The Labute approximate surface area is 131 Å². The molecule has 108 valence electrons. The topological polar surface area (TPSA) is 34.4 Å². The Hall–Kier alpha value is -1.59. The van der Waals surface area contributed by atoms with Crippen LogP contribution in [0.25, 0.3) is 4.96 Å². The number of thiazole rings is 1. The van der Waals surface area contributed by atoms with Crippen LogP contribution in [-0.2, 0) is 11.5 Å². The van der Waals surface area contributed by atoms with E-state index in [1.165, 1.54) is 28.0 Å². The van der Waals surface area contributed by atoms with E-state index in [0.29, 0.717) is 0 Å². The van der Waals surface area contributed by atoms with Gasteiger partial charge in [-0.15, -0.1) is 11.3 Å². The molecule has 0 spiro atoms. The van der Waals surface area contributed by atoms with E-state index in [1.807, 2.05) is 5.38 Å². The summed E-state index contributed by atoms with van der Waals surface area (Å²) < 4.78 is 1.59. The Morgan fingerprint density at radius 2 is 2.10 bits per heavy atom. The molecule has 0 unspecified atom stereocenters. The third-order valence-corrected chi connectivity index (χ3v) is 5.14. The highest BCUT2D eigenvalue weighted by molar-refractivity contribution is 7.97. The van der Waals surface area contributed by atoms with Crippen LogP contribution in [0.3, 0.4) is 0 Å². The van der Waals surface area contributed by atoms with Crippen molar-refractivity contribution in [3.63, 3.8) is 0 Å². The zero-order chi connectivity index (χ0) is 14.8. The van der Waals surface area contributed by atoms with Crippen molar-refractivity contribution in [3.8, 4) is 0 Å². The van der Waals surface area contributed by atoms with Crippen molar-refractivity contribution < 1.29 is 0 Å². The lowest BCUT2D eigenvalue weighted by Crippen LogP contribution is -2.12. The summed E-state index contributed by atoms with van der Waals surface area (Å²) in [5, 5.41) is 1.89. The maximum atomic E-state index is 11.9. The summed E-state index contributed by atoms with van der Waals surface area (Å²) in [6.07, 6.45) is 1.77. The molecule has 0 amide bonds. The molecule has 0 aliphatic rings. The maximum Gasteiger partial charge on any atom is 0.258 e. The minimum absolute atomic E-state index is 0.00332. The van der Waals surface area contributed by atoms with Gasteiger partial charge in [-0.3, -0.25) is 9.20 Å². The molecule has 3 aromatic rings. The molecule has 0 atom stereocenters. The number of nitrogens with zero attached hydrogens (tertiary/aromatic N) is 2. The van der Waals surface area contributed by atoms with E-state index in [4.69, 9.17) is 0 Å². The number of hydrogen-bond acceptors (Lipinski definition) is 4. The third kappa shape index (κ3) is 3.19. The first kappa shape index (κ1) is 14.4. The van der Waals surface area contributed by atoms with E-state index in [1.54, 1.807) is 28.4 Å². The Bertz CT molecular complexity index is 836. The van der Waals surface area contributed by atoms with Crippen LogP contribution in [0.15, 0.2) is 40.6 Å². The Morgan fingerprint density at radius 1 is 1.24 bits per heavy atom. The first-order valence-corrected chi connectivity index (χ1v) is 8.76. The minimum atomic E-state index is 0.00332. The van der Waals surface area contributed by atoms with Gasteiger partial charge in [0.25, 0.3) is 5.56 Å². The SMILES string of the molecule is Cc1ccc(C)c(CSCc2cc(=O)n3ccsc3n2)c1. The van der Waals surface area contributed by atoms with Crippen LogP contribution in [0.4, 0.5) is 0 Å². The van der Waals surface area contributed by atoms with Crippen LogP contribution < -0.4 is 5.56 Å². The molecule has 0 fully saturated rings. The van der Waals surface area contributed by atoms with Gasteiger partial charge in [0.2, 0.25) is 0 Å². The van der Waals surface area contributed by atoms with Crippen LogP contribution in [0.5, 0.6) is 0 Å². The summed E-state index contributed by atoms with van der Waals surface area (Å²) in [5.74, 6) is 1.70. The molecule has 0 bridgehead atoms. The second-order valence-corrected chi connectivity index (χ2v) is 6.92. The van der Waals surface area contributed by atoms with E-state index in [2.05, 4.69) is 37.0 Å². The van der Waals surface area contributed by atoms with Crippen LogP contribution in [0, 0.1) is 13.8 Å². The molecule has 0 aliphatic heterocycles. The molecule has 3 rings (SSSR count). The summed E-state index contributed by atoms with van der Waals surface area (Å²) in [6, 6.07) is 8.16. The molecular formula is C16H16N2OS2. The maximum absolute atomic E-state index is 11.9. The van der Waals surface area contributed by atoms with Gasteiger partial charge in [0, 0.05) is 29.1 Å². The van der Waals surface area contributed by atoms with Crippen molar-refractivity contribution in [3.05, 3.63) is 68.6 Å². The fourth-order valence-electron chi connectivity index (χ4n) is 2.18. The lowest BCUT2D eigenvalue weighted by Gasteiger charge is -2.07. The summed E-state index contributed by atoms with van der Waals surface area (Å²) in [4.78, 5) is 17.2. The normalized spacial score (nSPS) is 11.1. The summed E-state index contributed by atoms with van der Waals surface area (Å²) in [7, 11) is 0. The fraction of sp³-hybridized carbons (Fsp3) is 0.250. The molecule has 5 heteroatoms. The Morgan fingerprint density at radius 3 is 2.95 bits per heavy atom. The highest BCUT2D eigenvalue weighted by atomic mass is 32.2. The van der Waals surface area contributed by atoms with Gasteiger partial charge in [0.1, 0.15) is 0 Å². The van der Waals surface area contributed by atoms with Gasteiger partial charge in [0.05, 0.1) is 5.69 Å². The first-order chi connectivity index (χ1) is 10.1. The van der Waals surface area contributed by atoms with Gasteiger partial charge < -0.3 is 0 Å². The number of rotatable bonds is 4. The minimum Gasteiger partial charge on any atom is -0.269 e. The first-order valence-electron chi connectivity index (χ1n) is 6.73. The average Bonchev–Trinajstić information content (AvgIpc) is 2.91. The molecular weight excluding hydrogens is 300 g/mol. The van der Waals surface area contributed by atoms with Gasteiger partial charge in [-0.1, -0.05) is 23.8 Å². The Balaban J connectivity index is 1.72. The zero-order valence-electron chi connectivity index (χ0n) is 12.0. The molecule has 2 aromatic heterocycles. The Kier molecular flexibility index (Phi) is 4.12. The molecule has 0 N–H and O–H groups in total. The second kappa shape index (κ2) is 6.03. The van der Waals surface area contributed by atoms with E-state index in [-0.39, 0.29) is 5.56 Å². The van der Waals surface area contributed by atoms with E-state index in [9.17, 15) is 4.79 Å². The van der Waals surface area contributed by atoms with Crippen LogP contribution >= 0.6 is 23.1 Å². The van der Waals surface area contributed by atoms with E-state index < -0.39 is 0 Å². The van der Waals surface area contributed by atoms with E-state index in [0.717, 1.165) is 22.2 Å². The van der Waals surface area contributed by atoms with Crippen molar-refractivity contribution in [1.82, 2.24) is 9.38 Å². The van der Waals surface area contributed by atoms with Gasteiger partial charge in [-0.05, 0) is 25.0 Å². The largest absolute Gasteiger partial charge is 0.269 e. The zero-order valence-corrected chi connectivity index (χ0v) is 13.6. The highest BCUT2D eigenvalue weighted by Crippen LogP contribution is 2.20.